The molecule has 6 nitrogen and oxygen atoms in total. The van der Waals surface area contributed by atoms with Gasteiger partial charge in [-0.25, -0.2) is 9.38 Å². The first-order valence-electron chi connectivity index (χ1n) is 7.38. The van der Waals surface area contributed by atoms with E-state index in [1.165, 1.54) is 12.1 Å². The Morgan fingerprint density at radius 3 is 2.83 bits per heavy atom. The third kappa shape index (κ3) is 2.71. The van der Waals surface area contributed by atoms with Gasteiger partial charge in [0.25, 0.3) is 5.89 Å². The number of aliphatic hydroxyl groups is 1. The first kappa shape index (κ1) is 14.4. The summed E-state index contributed by atoms with van der Waals surface area (Å²) in [4.78, 5) is 6.19. The number of rotatable bonds is 3. The highest BCUT2D eigenvalue weighted by atomic mass is 19.1. The van der Waals surface area contributed by atoms with Gasteiger partial charge >= 0.3 is 0 Å². The second-order valence-electron chi connectivity index (χ2n) is 5.40. The molecule has 0 saturated carbocycles. The van der Waals surface area contributed by atoms with Crippen molar-refractivity contribution in [1.29, 1.82) is 0 Å². The molecular formula is C17H13FN4O2. The minimum atomic E-state index is -0.294. The molecule has 4 rings (SSSR count). The fraction of sp³-hybridized carbons (Fsp3) is 0.118. The van der Waals surface area contributed by atoms with Crippen molar-refractivity contribution in [3.05, 3.63) is 77.6 Å². The van der Waals surface area contributed by atoms with Gasteiger partial charge in [-0.3, -0.25) is 0 Å². The summed E-state index contributed by atoms with van der Waals surface area (Å²) < 4.78 is 18.5. The molecule has 0 spiro atoms. The summed E-state index contributed by atoms with van der Waals surface area (Å²) in [5, 5.41) is 18.1. The highest BCUT2D eigenvalue weighted by Gasteiger charge is 2.24. The van der Waals surface area contributed by atoms with Crippen molar-refractivity contribution in [1.82, 2.24) is 15.1 Å². The number of amidine groups is 1. The average molecular weight is 324 g/mol. The number of nitrogens with zero attached hydrogens (tertiary/aromatic N) is 4. The smallest absolute Gasteiger partial charge is 0.269 e. The van der Waals surface area contributed by atoms with Crippen molar-refractivity contribution in [3.63, 3.8) is 0 Å². The highest BCUT2D eigenvalue weighted by Crippen LogP contribution is 2.25. The Hall–Kier alpha value is -3.22. The largest absolute Gasteiger partial charge is 0.508 e. The maximum Gasteiger partial charge on any atom is 0.269 e. The summed E-state index contributed by atoms with van der Waals surface area (Å²) >= 11 is 0. The number of hydrogen-bond donors (Lipinski definition) is 1. The molecule has 1 aromatic heterocycles. The zero-order valence-electron chi connectivity index (χ0n) is 12.6. The lowest BCUT2D eigenvalue weighted by Crippen LogP contribution is -2.31. The van der Waals surface area contributed by atoms with Crippen molar-refractivity contribution < 1.29 is 13.9 Å². The Balaban J connectivity index is 1.58. The van der Waals surface area contributed by atoms with Gasteiger partial charge in [-0.2, -0.15) is 0 Å². The van der Waals surface area contributed by atoms with E-state index in [9.17, 15) is 9.50 Å². The summed E-state index contributed by atoms with van der Waals surface area (Å²) in [5.74, 6) is 1.01. The van der Waals surface area contributed by atoms with Gasteiger partial charge in [0, 0.05) is 6.20 Å². The summed E-state index contributed by atoms with van der Waals surface area (Å²) in [6.45, 7) is 0.296. The molecular weight excluding hydrogens is 311 g/mol. The molecule has 1 aromatic carbocycles. The SMILES string of the molecule is OC1=C(c2nnc(Cc3ccc(F)cc3)o2)N=C2C=CC=CN2C1. The Labute approximate surface area is 137 Å². The topological polar surface area (TPSA) is 74.8 Å². The maximum atomic E-state index is 12.9. The fourth-order valence-electron chi connectivity index (χ4n) is 2.49. The van der Waals surface area contributed by atoms with Gasteiger partial charge in [0.15, 0.2) is 5.70 Å². The average Bonchev–Trinajstić information content (AvgIpc) is 3.04. The zero-order valence-corrected chi connectivity index (χ0v) is 12.6. The summed E-state index contributed by atoms with van der Waals surface area (Å²) in [6.07, 6.45) is 7.78. The van der Waals surface area contributed by atoms with Crippen LogP contribution in [0.5, 0.6) is 0 Å². The van der Waals surface area contributed by atoms with Crippen LogP contribution in [-0.2, 0) is 6.42 Å². The Bertz CT molecular complexity index is 894. The second-order valence-corrected chi connectivity index (χ2v) is 5.40. The number of aromatic nitrogens is 2. The first-order valence-corrected chi connectivity index (χ1v) is 7.38. The molecule has 3 heterocycles. The van der Waals surface area contributed by atoms with Gasteiger partial charge in [-0.05, 0) is 29.8 Å². The third-order valence-electron chi connectivity index (χ3n) is 3.67. The van der Waals surface area contributed by atoms with Crippen LogP contribution in [0.4, 0.5) is 4.39 Å². The molecule has 24 heavy (non-hydrogen) atoms. The van der Waals surface area contributed by atoms with Crippen LogP contribution in [0.25, 0.3) is 5.70 Å². The van der Waals surface area contributed by atoms with E-state index in [2.05, 4.69) is 15.2 Å². The third-order valence-corrected chi connectivity index (χ3v) is 3.67. The fourth-order valence-corrected chi connectivity index (χ4v) is 2.49. The number of aliphatic hydroxyl groups excluding tert-OH is 1. The van der Waals surface area contributed by atoms with Crippen molar-refractivity contribution in [2.75, 3.05) is 6.54 Å². The number of allylic oxidation sites excluding steroid dienone is 2. The van der Waals surface area contributed by atoms with E-state index in [1.54, 1.807) is 12.1 Å². The van der Waals surface area contributed by atoms with E-state index in [1.807, 2.05) is 29.3 Å². The monoisotopic (exact) mass is 324 g/mol. The predicted octanol–water partition coefficient (Wildman–Crippen LogP) is 2.82. The standard InChI is InChI=1S/C17H13FN4O2/c18-12-6-4-11(5-7-12)9-15-20-21-17(24-15)16-13(23)10-22-8-2-1-3-14(22)19-16/h1-8,23H,9-10H2. The lowest BCUT2D eigenvalue weighted by Gasteiger charge is -2.25. The lowest BCUT2D eigenvalue weighted by molar-refractivity contribution is 0.359. The van der Waals surface area contributed by atoms with Crippen LogP contribution < -0.4 is 0 Å². The summed E-state index contributed by atoms with van der Waals surface area (Å²) in [7, 11) is 0. The number of benzene rings is 1. The highest BCUT2D eigenvalue weighted by molar-refractivity contribution is 5.99. The van der Waals surface area contributed by atoms with E-state index < -0.39 is 0 Å². The van der Waals surface area contributed by atoms with Gasteiger partial charge in [-0.1, -0.05) is 18.2 Å². The van der Waals surface area contributed by atoms with Gasteiger partial charge in [0.1, 0.15) is 17.4 Å². The zero-order chi connectivity index (χ0) is 16.5. The van der Waals surface area contributed by atoms with E-state index in [-0.39, 0.29) is 23.2 Å². The quantitative estimate of drug-likeness (QED) is 0.939. The molecule has 0 amide bonds. The number of hydrogen-bond acceptors (Lipinski definition) is 6. The van der Waals surface area contributed by atoms with Crippen LogP contribution >= 0.6 is 0 Å². The normalized spacial score (nSPS) is 16.4. The maximum absolute atomic E-state index is 12.9. The minimum absolute atomic E-state index is 0.0654. The minimum Gasteiger partial charge on any atom is -0.508 e. The van der Waals surface area contributed by atoms with Gasteiger partial charge < -0.3 is 14.4 Å². The summed E-state index contributed by atoms with van der Waals surface area (Å²) in [5.41, 5.74) is 1.13. The second kappa shape index (κ2) is 5.77. The number of aliphatic imine (C=N–C) groups is 1. The molecule has 0 radical (unpaired) electrons. The molecule has 0 atom stereocenters. The van der Waals surface area contributed by atoms with E-state index in [0.717, 1.165) is 5.56 Å². The van der Waals surface area contributed by atoms with Crippen LogP contribution in [0.3, 0.4) is 0 Å². The molecule has 120 valence electrons. The van der Waals surface area contributed by atoms with Crippen LogP contribution in [0.2, 0.25) is 0 Å². The van der Waals surface area contributed by atoms with Gasteiger partial charge in [0.05, 0.1) is 13.0 Å². The molecule has 0 aliphatic carbocycles. The molecule has 1 N–H and O–H groups in total. The van der Waals surface area contributed by atoms with Gasteiger partial charge in [-0.15, -0.1) is 10.2 Å². The van der Waals surface area contributed by atoms with Crippen molar-refractivity contribution in [3.8, 4) is 0 Å². The first-order chi connectivity index (χ1) is 11.7. The van der Waals surface area contributed by atoms with Crippen LogP contribution in [0, 0.1) is 5.82 Å². The van der Waals surface area contributed by atoms with Crippen LogP contribution in [0.15, 0.2) is 63.9 Å². The molecule has 0 fully saturated rings. The van der Waals surface area contributed by atoms with Crippen molar-refractivity contribution in [2.45, 2.75) is 6.42 Å². The van der Waals surface area contributed by atoms with Crippen LogP contribution in [0.1, 0.15) is 17.3 Å². The molecule has 2 aliphatic heterocycles. The molecule has 0 bridgehead atoms. The van der Waals surface area contributed by atoms with E-state index in [0.29, 0.717) is 24.7 Å². The van der Waals surface area contributed by atoms with Crippen molar-refractivity contribution >= 4 is 11.5 Å². The molecule has 0 saturated heterocycles. The summed E-state index contributed by atoms with van der Waals surface area (Å²) in [6, 6.07) is 6.08. The molecule has 2 aliphatic rings. The Morgan fingerprint density at radius 1 is 1.17 bits per heavy atom. The van der Waals surface area contributed by atoms with Crippen molar-refractivity contribution in [2.24, 2.45) is 4.99 Å². The van der Waals surface area contributed by atoms with Gasteiger partial charge in [0.2, 0.25) is 5.89 Å². The Kier molecular flexibility index (Phi) is 3.45. The Morgan fingerprint density at radius 2 is 2.00 bits per heavy atom. The molecule has 7 heteroatoms. The molecule has 2 aromatic rings. The van der Waals surface area contributed by atoms with E-state index in [4.69, 9.17) is 4.42 Å². The molecule has 0 unspecified atom stereocenters. The van der Waals surface area contributed by atoms with Crippen LogP contribution in [-0.4, -0.2) is 32.6 Å². The number of halogens is 1. The van der Waals surface area contributed by atoms with E-state index >= 15 is 0 Å². The predicted molar refractivity (Wildman–Crippen MR) is 85.5 cm³/mol. The number of fused-ring (bicyclic) bond motifs is 1. The lowest BCUT2D eigenvalue weighted by atomic mass is 10.1.